The van der Waals surface area contributed by atoms with E-state index in [2.05, 4.69) is 0 Å². The summed E-state index contributed by atoms with van der Waals surface area (Å²) in [6, 6.07) is 0. The maximum Gasteiger partial charge on any atom is 0.187 e. The van der Waals surface area contributed by atoms with Gasteiger partial charge in [-0.2, -0.15) is 0 Å². The Hall–Kier alpha value is -0.440. The van der Waals surface area contributed by atoms with Gasteiger partial charge < -0.3 is 55.1 Å². The Morgan fingerprint density at radius 3 is 1.78 bits per heavy atom. The second-order valence-electron chi connectivity index (χ2n) is 5.53. The highest BCUT2D eigenvalue weighted by atomic mass is 16.7. The summed E-state index contributed by atoms with van der Waals surface area (Å²) in [7, 11) is 0. The molecule has 0 aromatic rings. The molecule has 0 bridgehead atoms. The van der Waals surface area contributed by atoms with Crippen LogP contribution >= 0.6 is 0 Å². The van der Waals surface area contributed by atoms with Crippen LogP contribution < -0.4 is 0 Å². The lowest BCUT2D eigenvalue weighted by molar-refractivity contribution is -0.355. The molecule has 0 amide bonds. The van der Waals surface area contributed by atoms with E-state index in [1.807, 2.05) is 0 Å². The third kappa shape index (κ3) is 3.65. The Morgan fingerprint density at radius 1 is 0.652 bits per heavy atom. The quantitative estimate of drug-likeness (QED) is 0.243. The van der Waals surface area contributed by atoms with Crippen LogP contribution in [-0.4, -0.2) is 115 Å². The molecule has 136 valence electrons. The van der Waals surface area contributed by atoms with Gasteiger partial charge in [0.1, 0.15) is 48.8 Å². The fraction of sp³-hybridized carbons (Fsp3) is 1.00. The molecule has 23 heavy (non-hydrogen) atoms. The lowest BCUT2D eigenvalue weighted by Gasteiger charge is -2.45. The monoisotopic (exact) mass is 342 g/mol. The number of aliphatic hydroxyl groups excluding tert-OH is 8. The molecule has 8 N–H and O–H groups in total. The zero-order valence-electron chi connectivity index (χ0n) is 12.0. The van der Waals surface area contributed by atoms with Gasteiger partial charge in [0, 0.05) is 0 Å². The van der Waals surface area contributed by atoms with E-state index in [1.54, 1.807) is 0 Å². The summed E-state index contributed by atoms with van der Waals surface area (Å²) in [6.45, 7) is -1.34. The highest BCUT2D eigenvalue weighted by Gasteiger charge is 2.50. The molecule has 2 rings (SSSR count). The molecule has 2 aliphatic heterocycles. The summed E-state index contributed by atoms with van der Waals surface area (Å²) in [4.78, 5) is 0. The maximum atomic E-state index is 10.00. The van der Waals surface area contributed by atoms with Crippen LogP contribution in [0.4, 0.5) is 0 Å². The first kappa shape index (κ1) is 18.9. The molecule has 0 radical (unpaired) electrons. The normalized spacial score (nSPS) is 51.7. The van der Waals surface area contributed by atoms with E-state index < -0.39 is 74.6 Å². The zero-order chi connectivity index (χ0) is 17.3. The number of ether oxygens (including phenoxy) is 3. The average Bonchev–Trinajstić information content (AvgIpc) is 2.54. The van der Waals surface area contributed by atoms with E-state index in [4.69, 9.17) is 24.4 Å². The SMILES string of the molecule is OC[C@H]1O[C@H](O[C@@H]2[C@@H](O)[C@@H](O)O[C@H](CO)[C@@H]2O)[C@H](O)[C@@H](O)[C@H]1O. The van der Waals surface area contributed by atoms with E-state index in [0.29, 0.717) is 0 Å². The van der Waals surface area contributed by atoms with Gasteiger partial charge >= 0.3 is 0 Å². The highest BCUT2D eigenvalue weighted by Crippen LogP contribution is 2.28. The van der Waals surface area contributed by atoms with Crippen molar-refractivity contribution in [1.29, 1.82) is 0 Å². The fourth-order valence-corrected chi connectivity index (χ4v) is 2.56. The minimum absolute atomic E-state index is 0.667. The minimum atomic E-state index is -1.76. The Morgan fingerprint density at radius 2 is 1.22 bits per heavy atom. The molecule has 2 aliphatic rings. The Kier molecular flexibility index (Phi) is 6.27. The van der Waals surface area contributed by atoms with Crippen molar-refractivity contribution < 1.29 is 55.1 Å². The first-order valence-electron chi connectivity index (χ1n) is 7.08. The van der Waals surface area contributed by atoms with Crippen LogP contribution in [0, 0.1) is 0 Å². The smallest absolute Gasteiger partial charge is 0.187 e. The lowest BCUT2D eigenvalue weighted by Crippen LogP contribution is -2.64. The molecule has 0 aliphatic carbocycles. The number of rotatable bonds is 4. The minimum Gasteiger partial charge on any atom is -0.394 e. The summed E-state index contributed by atoms with van der Waals surface area (Å²) in [5.74, 6) is 0. The first-order valence-corrected chi connectivity index (χ1v) is 7.08. The molecular weight excluding hydrogens is 320 g/mol. The number of hydrogen-bond donors (Lipinski definition) is 8. The predicted molar refractivity (Wildman–Crippen MR) is 68.6 cm³/mol. The van der Waals surface area contributed by atoms with Gasteiger partial charge in [-0.3, -0.25) is 0 Å². The predicted octanol–water partition coefficient (Wildman–Crippen LogP) is -5.40. The zero-order valence-corrected chi connectivity index (χ0v) is 12.0. The largest absolute Gasteiger partial charge is 0.394 e. The van der Waals surface area contributed by atoms with Crippen LogP contribution in [0.15, 0.2) is 0 Å². The Balaban J connectivity index is 2.11. The van der Waals surface area contributed by atoms with Crippen LogP contribution in [0.25, 0.3) is 0 Å². The third-order valence-electron chi connectivity index (χ3n) is 3.98. The summed E-state index contributed by atoms with van der Waals surface area (Å²) in [5.41, 5.74) is 0. The molecular formula is C12H22O11. The summed E-state index contributed by atoms with van der Waals surface area (Å²) in [6.07, 6.45) is -15.7. The number of hydrogen-bond acceptors (Lipinski definition) is 11. The standard InChI is InChI=1S/C12H22O11/c13-1-3-5(15)7(17)8(18)12(22-3)23-10-6(16)4(2-14)21-11(20)9(10)19/h3-20H,1-2H2/t3-,4-,5+,6+,7+,8-,9-,10+,11+,12-/m1/s1. The average molecular weight is 342 g/mol. The van der Waals surface area contributed by atoms with Gasteiger partial charge in [-0.05, 0) is 0 Å². The van der Waals surface area contributed by atoms with E-state index in [9.17, 15) is 30.6 Å². The maximum absolute atomic E-state index is 10.00. The van der Waals surface area contributed by atoms with Gasteiger partial charge in [-0.15, -0.1) is 0 Å². The molecule has 0 saturated carbocycles. The van der Waals surface area contributed by atoms with Crippen molar-refractivity contribution in [3.05, 3.63) is 0 Å². The highest BCUT2D eigenvalue weighted by molar-refractivity contribution is 4.93. The number of aliphatic hydroxyl groups is 8. The van der Waals surface area contributed by atoms with E-state index in [0.717, 1.165) is 0 Å². The van der Waals surface area contributed by atoms with Crippen molar-refractivity contribution in [1.82, 2.24) is 0 Å². The molecule has 10 atom stereocenters. The van der Waals surface area contributed by atoms with Gasteiger partial charge in [0.15, 0.2) is 12.6 Å². The van der Waals surface area contributed by atoms with Crippen molar-refractivity contribution in [3.8, 4) is 0 Å². The molecule has 0 aromatic heterocycles. The van der Waals surface area contributed by atoms with E-state index in [-0.39, 0.29) is 0 Å². The summed E-state index contributed by atoms with van der Waals surface area (Å²) >= 11 is 0. The Bertz CT molecular complexity index is 380. The van der Waals surface area contributed by atoms with Crippen LogP contribution in [0.3, 0.4) is 0 Å². The van der Waals surface area contributed by atoms with Gasteiger partial charge in [0.2, 0.25) is 0 Å². The molecule has 0 aromatic carbocycles. The van der Waals surface area contributed by atoms with E-state index in [1.165, 1.54) is 0 Å². The van der Waals surface area contributed by atoms with Crippen molar-refractivity contribution in [2.24, 2.45) is 0 Å². The summed E-state index contributed by atoms with van der Waals surface area (Å²) < 4.78 is 15.1. The molecule has 0 unspecified atom stereocenters. The van der Waals surface area contributed by atoms with Crippen molar-refractivity contribution in [3.63, 3.8) is 0 Å². The van der Waals surface area contributed by atoms with Crippen LogP contribution in [0.2, 0.25) is 0 Å². The molecule has 11 nitrogen and oxygen atoms in total. The molecule has 11 heteroatoms. The van der Waals surface area contributed by atoms with Gasteiger partial charge in [-0.25, -0.2) is 0 Å². The van der Waals surface area contributed by atoms with E-state index >= 15 is 0 Å². The fourth-order valence-electron chi connectivity index (χ4n) is 2.56. The molecule has 2 fully saturated rings. The van der Waals surface area contributed by atoms with Crippen molar-refractivity contribution >= 4 is 0 Å². The molecule has 2 saturated heterocycles. The van der Waals surface area contributed by atoms with Crippen LogP contribution in [0.5, 0.6) is 0 Å². The topological polar surface area (TPSA) is 190 Å². The van der Waals surface area contributed by atoms with Gasteiger partial charge in [0.05, 0.1) is 13.2 Å². The second-order valence-corrected chi connectivity index (χ2v) is 5.53. The third-order valence-corrected chi connectivity index (χ3v) is 3.98. The molecule has 2 heterocycles. The first-order chi connectivity index (χ1) is 10.8. The van der Waals surface area contributed by atoms with Crippen molar-refractivity contribution in [2.45, 2.75) is 61.4 Å². The van der Waals surface area contributed by atoms with Gasteiger partial charge in [-0.1, -0.05) is 0 Å². The molecule has 0 spiro atoms. The Labute approximate surface area is 130 Å². The summed E-state index contributed by atoms with van der Waals surface area (Å²) in [5, 5.41) is 76.8. The van der Waals surface area contributed by atoms with Crippen LogP contribution in [0.1, 0.15) is 0 Å². The van der Waals surface area contributed by atoms with Crippen LogP contribution in [-0.2, 0) is 14.2 Å². The second kappa shape index (κ2) is 7.63. The lowest BCUT2D eigenvalue weighted by atomic mass is 9.97. The van der Waals surface area contributed by atoms with Gasteiger partial charge in [0.25, 0.3) is 0 Å². The van der Waals surface area contributed by atoms with Crippen molar-refractivity contribution in [2.75, 3.05) is 13.2 Å².